The highest BCUT2D eigenvalue weighted by molar-refractivity contribution is 7.89. The number of carbonyl (C=O) groups is 1. The van der Waals surface area contributed by atoms with E-state index in [9.17, 15) is 13.2 Å². The lowest BCUT2D eigenvalue weighted by Crippen LogP contribution is -2.36. The molecule has 8 nitrogen and oxygen atoms in total. The van der Waals surface area contributed by atoms with Gasteiger partial charge in [-0.3, -0.25) is 9.69 Å². The number of ether oxygens (including phenoxy) is 1. The van der Waals surface area contributed by atoms with Crippen molar-refractivity contribution >= 4 is 27.3 Å². The number of hydrogen-bond donors (Lipinski definition) is 1. The number of rotatable bonds is 10. The summed E-state index contributed by atoms with van der Waals surface area (Å²) in [5.74, 6) is -0.0161. The number of sulfonamides is 1. The second-order valence-corrected chi connectivity index (χ2v) is 9.32. The Labute approximate surface area is 168 Å². The fourth-order valence-electron chi connectivity index (χ4n) is 2.98. The molecule has 9 heteroatoms. The number of nitrogens with one attached hydrogen (secondary N) is 1. The molecular formula is C19H32N4O4S. The van der Waals surface area contributed by atoms with Crippen LogP contribution in [0.25, 0.3) is 0 Å². The molecule has 0 unspecified atom stereocenters. The van der Waals surface area contributed by atoms with Gasteiger partial charge >= 0.3 is 0 Å². The molecule has 158 valence electrons. The van der Waals surface area contributed by atoms with Crippen molar-refractivity contribution in [3.63, 3.8) is 0 Å². The minimum absolute atomic E-state index is 0.0844. The minimum Gasteiger partial charge on any atom is -0.378 e. The highest BCUT2D eigenvalue weighted by atomic mass is 32.2. The van der Waals surface area contributed by atoms with Crippen LogP contribution in [0, 0.1) is 0 Å². The fraction of sp³-hybridized carbons (Fsp3) is 0.632. The Morgan fingerprint density at radius 3 is 2.39 bits per heavy atom. The van der Waals surface area contributed by atoms with Gasteiger partial charge in [-0.2, -0.15) is 0 Å². The van der Waals surface area contributed by atoms with Crippen LogP contribution in [-0.2, 0) is 19.6 Å². The molecule has 1 aromatic rings. The zero-order chi connectivity index (χ0) is 20.6. The van der Waals surface area contributed by atoms with Crippen molar-refractivity contribution in [2.45, 2.75) is 13.3 Å². The molecule has 2 rings (SSSR count). The molecule has 1 saturated heterocycles. The molecule has 0 aromatic heterocycles. The molecule has 1 aliphatic heterocycles. The van der Waals surface area contributed by atoms with E-state index in [1.165, 1.54) is 18.4 Å². The summed E-state index contributed by atoms with van der Waals surface area (Å²) in [7, 11) is -0.133. The van der Waals surface area contributed by atoms with E-state index in [1.807, 2.05) is 36.1 Å². The van der Waals surface area contributed by atoms with Crippen LogP contribution in [0.15, 0.2) is 24.3 Å². The van der Waals surface area contributed by atoms with Gasteiger partial charge in [-0.05, 0) is 43.8 Å². The molecule has 0 bridgehead atoms. The number of likely N-dealkylation sites (N-methyl/N-ethyl adjacent to an activating group) is 1. The first-order valence-electron chi connectivity index (χ1n) is 9.67. The van der Waals surface area contributed by atoms with Gasteiger partial charge in [0.2, 0.25) is 15.9 Å². The molecule has 0 spiro atoms. The van der Waals surface area contributed by atoms with Crippen LogP contribution in [0.3, 0.4) is 0 Å². The Kier molecular flexibility index (Phi) is 8.68. The van der Waals surface area contributed by atoms with Crippen LogP contribution in [-0.4, -0.2) is 89.3 Å². The highest BCUT2D eigenvalue weighted by Crippen LogP contribution is 2.19. The maximum absolute atomic E-state index is 12.3. The van der Waals surface area contributed by atoms with E-state index in [2.05, 4.69) is 10.2 Å². The quantitative estimate of drug-likeness (QED) is 0.619. The molecule has 1 aliphatic rings. The van der Waals surface area contributed by atoms with Crippen LogP contribution in [0.4, 0.5) is 11.4 Å². The minimum atomic E-state index is -3.20. The van der Waals surface area contributed by atoms with Gasteiger partial charge in [0, 0.05) is 38.6 Å². The van der Waals surface area contributed by atoms with Crippen LogP contribution in [0.5, 0.6) is 0 Å². The summed E-state index contributed by atoms with van der Waals surface area (Å²) < 4.78 is 30.2. The second-order valence-electron chi connectivity index (χ2n) is 7.02. The summed E-state index contributed by atoms with van der Waals surface area (Å²) in [6.07, 6.45) is 0.496. The topological polar surface area (TPSA) is 82.2 Å². The molecule has 0 saturated carbocycles. The molecule has 1 heterocycles. The third-order valence-electron chi connectivity index (χ3n) is 4.77. The molecule has 1 fully saturated rings. The smallest absolute Gasteiger partial charge is 0.238 e. The monoisotopic (exact) mass is 412 g/mol. The number of anilines is 2. The predicted molar refractivity (Wildman–Crippen MR) is 112 cm³/mol. The molecule has 1 N–H and O–H groups in total. The highest BCUT2D eigenvalue weighted by Gasteiger charge is 2.15. The van der Waals surface area contributed by atoms with Crippen molar-refractivity contribution < 1.29 is 17.9 Å². The lowest BCUT2D eigenvalue weighted by Gasteiger charge is -2.29. The predicted octanol–water partition coefficient (Wildman–Crippen LogP) is 1.07. The lowest BCUT2D eigenvalue weighted by atomic mass is 10.2. The first kappa shape index (κ1) is 22.6. The van der Waals surface area contributed by atoms with Crippen molar-refractivity contribution in [2.75, 3.05) is 76.0 Å². The summed E-state index contributed by atoms with van der Waals surface area (Å²) in [6.45, 7) is 6.68. The molecule has 1 amide bonds. The number of nitrogens with zero attached hydrogens (tertiary/aromatic N) is 3. The number of benzene rings is 1. The SMILES string of the molecule is CCN(CCCS(=O)(=O)N(C)C)CC(=O)Nc1ccc(N2CCOCC2)cc1. The van der Waals surface area contributed by atoms with Crippen LogP contribution in [0.1, 0.15) is 13.3 Å². The van der Waals surface area contributed by atoms with E-state index in [0.29, 0.717) is 19.5 Å². The maximum atomic E-state index is 12.3. The van der Waals surface area contributed by atoms with E-state index >= 15 is 0 Å². The third-order valence-corrected chi connectivity index (χ3v) is 6.69. The first-order valence-corrected chi connectivity index (χ1v) is 11.3. The zero-order valence-corrected chi connectivity index (χ0v) is 17.9. The van der Waals surface area contributed by atoms with Crippen molar-refractivity contribution in [2.24, 2.45) is 0 Å². The largest absolute Gasteiger partial charge is 0.378 e. The molecule has 0 atom stereocenters. The molecule has 1 aromatic carbocycles. The normalized spacial score (nSPS) is 15.2. The summed E-state index contributed by atoms with van der Waals surface area (Å²) >= 11 is 0. The van der Waals surface area contributed by atoms with Crippen LogP contribution in [0.2, 0.25) is 0 Å². The summed E-state index contributed by atoms with van der Waals surface area (Å²) in [5.41, 5.74) is 1.88. The van der Waals surface area contributed by atoms with Gasteiger partial charge in [0.15, 0.2) is 0 Å². The molecule has 28 heavy (non-hydrogen) atoms. The summed E-state index contributed by atoms with van der Waals surface area (Å²) in [4.78, 5) is 16.5. The first-order chi connectivity index (χ1) is 13.3. The average molecular weight is 413 g/mol. The molecule has 0 radical (unpaired) electrons. The standard InChI is InChI=1S/C19H32N4O4S/c1-4-22(10-5-15-28(25,26)21(2)3)16-19(24)20-17-6-8-18(9-7-17)23-11-13-27-14-12-23/h6-9H,4-5,10-16H2,1-3H3,(H,20,24). The van der Waals surface area contributed by atoms with Crippen molar-refractivity contribution in [3.8, 4) is 0 Å². The van der Waals surface area contributed by atoms with Gasteiger partial charge in [0.25, 0.3) is 0 Å². The van der Waals surface area contributed by atoms with Gasteiger partial charge in [0.05, 0.1) is 25.5 Å². The van der Waals surface area contributed by atoms with E-state index < -0.39 is 10.0 Å². The van der Waals surface area contributed by atoms with Gasteiger partial charge in [-0.1, -0.05) is 6.92 Å². The number of carbonyl (C=O) groups excluding carboxylic acids is 1. The van der Waals surface area contributed by atoms with E-state index in [0.717, 1.165) is 37.7 Å². The van der Waals surface area contributed by atoms with Crippen molar-refractivity contribution in [1.29, 1.82) is 0 Å². The van der Waals surface area contributed by atoms with E-state index in [1.54, 1.807) is 0 Å². The molecule has 0 aliphatic carbocycles. The van der Waals surface area contributed by atoms with Gasteiger partial charge in [-0.25, -0.2) is 12.7 Å². The summed E-state index contributed by atoms with van der Waals surface area (Å²) in [5, 5.41) is 2.91. The Hall–Kier alpha value is -1.68. The van der Waals surface area contributed by atoms with Gasteiger partial charge in [-0.15, -0.1) is 0 Å². The van der Waals surface area contributed by atoms with E-state index in [4.69, 9.17) is 4.74 Å². The number of hydrogen-bond acceptors (Lipinski definition) is 6. The molecular weight excluding hydrogens is 380 g/mol. The Balaban J connectivity index is 1.79. The van der Waals surface area contributed by atoms with Crippen molar-refractivity contribution in [3.05, 3.63) is 24.3 Å². The Morgan fingerprint density at radius 2 is 1.82 bits per heavy atom. The Morgan fingerprint density at radius 1 is 1.18 bits per heavy atom. The fourth-order valence-corrected chi connectivity index (χ4v) is 3.84. The number of morpholine rings is 1. The third kappa shape index (κ3) is 7.05. The maximum Gasteiger partial charge on any atom is 0.238 e. The van der Waals surface area contributed by atoms with Gasteiger partial charge < -0.3 is 15.0 Å². The van der Waals surface area contributed by atoms with Crippen molar-refractivity contribution in [1.82, 2.24) is 9.21 Å². The van der Waals surface area contributed by atoms with Gasteiger partial charge in [0.1, 0.15) is 0 Å². The Bertz CT molecular complexity index is 716. The summed E-state index contributed by atoms with van der Waals surface area (Å²) in [6, 6.07) is 7.82. The van der Waals surface area contributed by atoms with E-state index in [-0.39, 0.29) is 18.2 Å². The second kappa shape index (κ2) is 10.8. The van der Waals surface area contributed by atoms with Crippen LogP contribution < -0.4 is 10.2 Å². The average Bonchev–Trinajstić information content (AvgIpc) is 2.68. The lowest BCUT2D eigenvalue weighted by molar-refractivity contribution is -0.117. The zero-order valence-electron chi connectivity index (χ0n) is 17.1. The van der Waals surface area contributed by atoms with Crippen LogP contribution >= 0.6 is 0 Å². The number of amides is 1.